The topological polar surface area (TPSA) is 79.1 Å². The van der Waals surface area contributed by atoms with Gasteiger partial charge in [-0.1, -0.05) is 11.6 Å². The third-order valence-electron chi connectivity index (χ3n) is 2.62. The highest BCUT2D eigenvalue weighted by Gasteiger charge is 2.09. The molecule has 1 heterocycles. The van der Waals surface area contributed by atoms with Crippen LogP contribution in [-0.4, -0.2) is 39.9 Å². The van der Waals surface area contributed by atoms with Gasteiger partial charge in [0.15, 0.2) is 0 Å². The van der Waals surface area contributed by atoms with Crippen molar-refractivity contribution in [2.75, 3.05) is 13.7 Å². The van der Waals surface area contributed by atoms with Gasteiger partial charge in [0, 0.05) is 0 Å². The normalized spacial score (nSPS) is 10.3. The van der Waals surface area contributed by atoms with Crippen LogP contribution in [0.2, 0.25) is 5.02 Å². The van der Waals surface area contributed by atoms with Crippen molar-refractivity contribution in [3.05, 3.63) is 34.6 Å². The van der Waals surface area contributed by atoms with Gasteiger partial charge < -0.3 is 9.47 Å². The number of carbonyl (C=O) groups is 1. The summed E-state index contributed by atoms with van der Waals surface area (Å²) in [5.74, 6) is 0.758. The van der Waals surface area contributed by atoms with Crippen LogP contribution < -0.4 is 4.74 Å². The zero-order valence-electron chi connectivity index (χ0n) is 11.0. The average Bonchev–Trinajstić information content (AvgIpc) is 2.85. The fourth-order valence-electron chi connectivity index (χ4n) is 1.56. The lowest BCUT2D eigenvalue weighted by Crippen LogP contribution is -2.11. The first-order valence-electron chi connectivity index (χ1n) is 5.85. The van der Waals surface area contributed by atoms with E-state index in [0.29, 0.717) is 35.3 Å². The third-order valence-corrected chi connectivity index (χ3v) is 2.92. The van der Waals surface area contributed by atoms with E-state index in [1.54, 1.807) is 23.7 Å². The molecule has 20 heavy (non-hydrogen) atoms. The molecule has 1 aromatic heterocycles. The summed E-state index contributed by atoms with van der Waals surface area (Å²) >= 11 is 6.04. The van der Waals surface area contributed by atoms with Crippen molar-refractivity contribution in [3.63, 3.8) is 0 Å². The predicted octanol–water partition coefficient (Wildman–Crippen LogP) is 1.50. The SMILES string of the molecule is COC(=O)c1ccc(OCCn2nnnc2C)c(Cl)c1. The van der Waals surface area contributed by atoms with E-state index in [9.17, 15) is 4.79 Å². The number of carbonyl (C=O) groups excluding carboxylic acids is 1. The van der Waals surface area contributed by atoms with Crippen molar-refractivity contribution in [1.82, 2.24) is 20.2 Å². The number of hydrogen-bond acceptors (Lipinski definition) is 6. The molecule has 0 saturated carbocycles. The van der Waals surface area contributed by atoms with Gasteiger partial charge in [-0.25, -0.2) is 9.48 Å². The van der Waals surface area contributed by atoms with E-state index in [4.69, 9.17) is 16.3 Å². The van der Waals surface area contributed by atoms with Gasteiger partial charge in [-0.05, 0) is 35.5 Å². The summed E-state index contributed by atoms with van der Waals surface area (Å²) in [5, 5.41) is 11.5. The third kappa shape index (κ3) is 3.24. The second kappa shape index (κ2) is 6.33. The molecule has 2 aromatic rings. The Labute approximate surface area is 120 Å². The molecular formula is C12H13ClN4O3. The molecule has 106 valence electrons. The van der Waals surface area contributed by atoms with Crippen molar-refractivity contribution in [2.45, 2.75) is 13.5 Å². The Kier molecular flexibility index (Phi) is 4.52. The fraction of sp³-hybridized carbons (Fsp3) is 0.333. The van der Waals surface area contributed by atoms with Crippen LogP contribution in [0.3, 0.4) is 0 Å². The van der Waals surface area contributed by atoms with Crippen LogP contribution in [0.1, 0.15) is 16.2 Å². The summed E-state index contributed by atoms with van der Waals surface area (Å²) in [4.78, 5) is 11.3. The van der Waals surface area contributed by atoms with Crippen LogP contribution in [0, 0.1) is 6.92 Å². The molecule has 0 amide bonds. The van der Waals surface area contributed by atoms with E-state index in [1.807, 2.05) is 0 Å². The smallest absolute Gasteiger partial charge is 0.337 e. The van der Waals surface area contributed by atoms with Gasteiger partial charge in [-0.2, -0.15) is 0 Å². The van der Waals surface area contributed by atoms with E-state index >= 15 is 0 Å². The van der Waals surface area contributed by atoms with E-state index in [2.05, 4.69) is 20.3 Å². The molecule has 0 spiro atoms. The molecule has 0 N–H and O–H groups in total. The van der Waals surface area contributed by atoms with E-state index in [0.717, 1.165) is 0 Å². The minimum absolute atomic E-state index is 0.348. The first-order valence-corrected chi connectivity index (χ1v) is 6.23. The van der Waals surface area contributed by atoms with Crippen molar-refractivity contribution in [1.29, 1.82) is 0 Å². The largest absolute Gasteiger partial charge is 0.490 e. The van der Waals surface area contributed by atoms with Gasteiger partial charge >= 0.3 is 5.97 Å². The highest BCUT2D eigenvalue weighted by atomic mass is 35.5. The van der Waals surface area contributed by atoms with Gasteiger partial charge in [-0.15, -0.1) is 5.10 Å². The summed E-state index contributed by atoms with van der Waals surface area (Å²) < 4.78 is 11.8. The van der Waals surface area contributed by atoms with Gasteiger partial charge in [0.05, 0.1) is 24.2 Å². The van der Waals surface area contributed by atoms with Crippen molar-refractivity contribution in [3.8, 4) is 5.75 Å². The molecule has 0 aliphatic carbocycles. The number of hydrogen-bond donors (Lipinski definition) is 0. The van der Waals surface area contributed by atoms with Crippen LogP contribution in [0.5, 0.6) is 5.75 Å². The number of aromatic nitrogens is 4. The maximum atomic E-state index is 11.3. The zero-order chi connectivity index (χ0) is 14.5. The molecule has 0 radical (unpaired) electrons. The maximum absolute atomic E-state index is 11.3. The lowest BCUT2D eigenvalue weighted by atomic mass is 10.2. The van der Waals surface area contributed by atoms with E-state index < -0.39 is 5.97 Å². The maximum Gasteiger partial charge on any atom is 0.337 e. The Morgan fingerprint density at radius 3 is 2.85 bits per heavy atom. The summed E-state index contributed by atoms with van der Waals surface area (Å²) in [6.45, 7) is 2.68. The second-order valence-electron chi connectivity index (χ2n) is 3.93. The van der Waals surface area contributed by atoms with Gasteiger partial charge in [-0.3, -0.25) is 0 Å². The molecular weight excluding hydrogens is 284 g/mol. The zero-order valence-corrected chi connectivity index (χ0v) is 11.8. The molecule has 2 rings (SSSR count). The van der Waals surface area contributed by atoms with Gasteiger partial charge in [0.25, 0.3) is 0 Å². The van der Waals surface area contributed by atoms with Crippen molar-refractivity contribution in [2.24, 2.45) is 0 Å². The molecule has 0 unspecified atom stereocenters. The standard InChI is InChI=1S/C12H13ClN4O3/c1-8-14-15-16-17(8)5-6-20-11-4-3-9(7-10(11)13)12(18)19-2/h3-4,7H,5-6H2,1-2H3. The van der Waals surface area contributed by atoms with E-state index in [1.165, 1.54) is 13.2 Å². The molecule has 0 fully saturated rings. The van der Waals surface area contributed by atoms with Gasteiger partial charge in [0.2, 0.25) is 0 Å². The Morgan fingerprint density at radius 1 is 1.45 bits per heavy atom. The summed E-state index contributed by atoms with van der Waals surface area (Å²) in [5.41, 5.74) is 0.376. The molecule has 8 heteroatoms. The number of nitrogens with zero attached hydrogens (tertiary/aromatic N) is 4. The number of methoxy groups -OCH3 is 1. The lowest BCUT2D eigenvalue weighted by molar-refractivity contribution is 0.0600. The Balaban J connectivity index is 1.96. The molecule has 0 saturated heterocycles. The van der Waals surface area contributed by atoms with Crippen LogP contribution in [0.15, 0.2) is 18.2 Å². The minimum Gasteiger partial charge on any atom is -0.490 e. The number of aryl methyl sites for hydroxylation is 1. The quantitative estimate of drug-likeness (QED) is 0.778. The molecule has 0 bridgehead atoms. The molecule has 0 aliphatic rings. The number of esters is 1. The Bertz CT molecular complexity index is 614. The molecule has 7 nitrogen and oxygen atoms in total. The minimum atomic E-state index is -0.442. The summed E-state index contributed by atoms with van der Waals surface area (Å²) in [6, 6.07) is 4.72. The molecule has 0 atom stereocenters. The Morgan fingerprint density at radius 2 is 2.25 bits per heavy atom. The van der Waals surface area contributed by atoms with Crippen LogP contribution in [0.25, 0.3) is 0 Å². The van der Waals surface area contributed by atoms with Crippen molar-refractivity contribution < 1.29 is 14.3 Å². The van der Waals surface area contributed by atoms with Crippen LogP contribution >= 0.6 is 11.6 Å². The highest BCUT2D eigenvalue weighted by Crippen LogP contribution is 2.25. The lowest BCUT2D eigenvalue weighted by Gasteiger charge is -2.09. The number of tetrazole rings is 1. The summed E-state index contributed by atoms with van der Waals surface area (Å²) in [6.07, 6.45) is 0. The number of halogens is 1. The summed E-state index contributed by atoms with van der Waals surface area (Å²) in [7, 11) is 1.31. The number of ether oxygens (including phenoxy) is 2. The van der Waals surface area contributed by atoms with Crippen LogP contribution in [0.4, 0.5) is 0 Å². The average molecular weight is 297 g/mol. The molecule has 1 aromatic carbocycles. The molecule has 0 aliphatic heterocycles. The Hall–Kier alpha value is -2.15. The number of rotatable bonds is 5. The first-order chi connectivity index (χ1) is 9.61. The number of benzene rings is 1. The first kappa shape index (κ1) is 14.3. The predicted molar refractivity (Wildman–Crippen MR) is 70.8 cm³/mol. The monoisotopic (exact) mass is 296 g/mol. The fourth-order valence-corrected chi connectivity index (χ4v) is 1.80. The van der Waals surface area contributed by atoms with Crippen molar-refractivity contribution >= 4 is 17.6 Å². The van der Waals surface area contributed by atoms with E-state index in [-0.39, 0.29) is 0 Å². The van der Waals surface area contributed by atoms with Crippen LogP contribution in [-0.2, 0) is 11.3 Å². The highest BCUT2D eigenvalue weighted by molar-refractivity contribution is 6.32. The second-order valence-corrected chi connectivity index (χ2v) is 4.34. The van der Waals surface area contributed by atoms with Gasteiger partial charge in [0.1, 0.15) is 18.2 Å².